The standard InChI is InChI=1S/C15H16N2O4/c1-5-21-15-9(8-16)6-10-11(17-15)7-12(18-2)14(20-4)13(10)19-3/h6-7H,5H2,1-4H3. The van der Waals surface area contributed by atoms with Crippen molar-refractivity contribution in [1.82, 2.24) is 4.98 Å². The van der Waals surface area contributed by atoms with Crippen LogP contribution in [0.25, 0.3) is 10.9 Å². The van der Waals surface area contributed by atoms with Crippen LogP contribution in [0.2, 0.25) is 0 Å². The Balaban J connectivity index is 2.83. The lowest BCUT2D eigenvalue weighted by molar-refractivity contribution is 0.324. The number of rotatable bonds is 5. The number of nitriles is 1. The van der Waals surface area contributed by atoms with Crippen LogP contribution in [0.3, 0.4) is 0 Å². The van der Waals surface area contributed by atoms with Crippen LogP contribution in [0.4, 0.5) is 0 Å². The molecule has 0 aliphatic heterocycles. The molecule has 0 bridgehead atoms. The van der Waals surface area contributed by atoms with Crippen LogP contribution in [0.5, 0.6) is 23.1 Å². The van der Waals surface area contributed by atoms with Crippen molar-refractivity contribution in [2.24, 2.45) is 0 Å². The molecule has 6 nitrogen and oxygen atoms in total. The average molecular weight is 288 g/mol. The molecule has 0 amide bonds. The molecule has 0 aliphatic carbocycles. The predicted octanol–water partition coefficient (Wildman–Crippen LogP) is 2.53. The van der Waals surface area contributed by atoms with Crippen LogP contribution in [0.1, 0.15) is 12.5 Å². The third-order valence-electron chi connectivity index (χ3n) is 2.99. The van der Waals surface area contributed by atoms with Crippen LogP contribution >= 0.6 is 0 Å². The van der Waals surface area contributed by atoms with E-state index in [1.54, 1.807) is 12.1 Å². The van der Waals surface area contributed by atoms with Gasteiger partial charge < -0.3 is 18.9 Å². The molecule has 6 heteroatoms. The second-order valence-corrected chi connectivity index (χ2v) is 4.10. The van der Waals surface area contributed by atoms with Crippen molar-refractivity contribution >= 4 is 10.9 Å². The van der Waals surface area contributed by atoms with Crippen molar-refractivity contribution in [3.8, 4) is 29.2 Å². The van der Waals surface area contributed by atoms with Gasteiger partial charge in [-0.25, -0.2) is 4.98 Å². The second-order valence-electron chi connectivity index (χ2n) is 4.10. The first kappa shape index (κ1) is 14.7. The molecule has 21 heavy (non-hydrogen) atoms. The zero-order valence-electron chi connectivity index (χ0n) is 12.4. The summed E-state index contributed by atoms with van der Waals surface area (Å²) in [6.45, 7) is 2.26. The van der Waals surface area contributed by atoms with E-state index < -0.39 is 0 Å². The van der Waals surface area contributed by atoms with E-state index in [0.717, 1.165) is 0 Å². The lowest BCUT2D eigenvalue weighted by Gasteiger charge is -2.15. The highest BCUT2D eigenvalue weighted by atomic mass is 16.5. The summed E-state index contributed by atoms with van der Waals surface area (Å²) in [4.78, 5) is 4.37. The first-order valence-corrected chi connectivity index (χ1v) is 6.36. The molecule has 0 unspecified atom stereocenters. The molecule has 0 N–H and O–H groups in total. The lowest BCUT2D eigenvalue weighted by Crippen LogP contribution is -2.00. The van der Waals surface area contributed by atoms with Gasteiger partial charge in [-0.15, -0.1) is 0 Å². The molecular weight excluding hydrogens is 272 g/mol. The topological polar surface area (TPSA) is 73.6 Å². The SMILES string of the molecule is CCOc1nc2cc(OC)c(OC)c(OC)c2cc1C#N. The molecular formula is C15H16N2O4. The summed E-state index contributed by atoms with van der Waals surface area (Å²) in [6.07, 6.45) is 0. The highest BCUT2D eigenvalue weighted by molar-refractivity contribution is 5.92. The minimum Gasteiger partial charge on any atom is -0.493 e. The number of pyridine rings is 1. The molecule has 1 heterocycles. The number of hydrogen-bond donors (Lipinski definition) is 0. The number of nitrogens with zero attached hydrogens (tertiary/aromatic N) is 2. The van der Waals surface area contributed by atoms with Crippen molar-refractivity contribution in [2.75, 3.05) is 27.9 Å². The smallest absolute Gasteiger partial charge is 0.232 e. The molecule has 2 aromatic rings. The maximum atomic E-state index is 9.23. The van der Waals surface area contributed by atoms with Crippen molar-refractivity contribution in [2.45, 2.75) is 6.92 Å². The second kappa shape index (κ2) is 6.18. The Labute approximate surface area is 122 Å². The number of hydrogen-bond acceptors (Lipinski definition) is 6. The summed E-state index contributed by atoms with van der Waals surface area (Å²) < 4.78 is 21.4. The van der Waals surface area contributed by atoms with Crippen molar-refractivity contribution in [3.63, 3.8) is 0 Å². The molecule has 0 spiro atoms. The summed E-state index contributed by atoms with van der Waals surface area (Å²) in [6, 6.07) is 5.47. The maximum absolute atomic E-state index is 9.23. The summed E-state index contributed by atoms with van der Waals surface area (Å²) in [5.41, 5.74) is 0.946. The molecule has 1 aromatic carbocycles. The molecule has 2 rings (SSSR count). The van der Waals surface area contributed by atoms with Gasteiger partial charge in [0.15, 0.2) is 11.5 Å². The summed E-state index contributed by atoms with van der Waals surface area (Å²) in [7, 11) is 4.59. The Morgan fingerprint density at radius 1 is 1.10 bits per heavy atom. The zero-order chi connectivity index (χ0) is 15.4. The quantitative estimate of drug-likeness (QED) is 0.841. The maximum Gasteiger partial charge on any atom is 0.232 e. The Bertz CT molecular complexity index is 707. The van der Waals surface area contributed by atoms with Crippen molar-refractivity contribution in [3.05, 3.63) is 17.7 Å². The van der Waals surface area contributed by atoms with E-state index in [9.17, 15) is 5.26 Å². The average Bonchev–Trinajstić information content (AvgIpc) is 2.52. The van der Waals surface area contributed by atoms with Gasteiger partial charge in [-0.05, 0) is 13.0 Å². The Kier molecular flexibility index (Phi) is 4.33. The number of methoxy groups -OCH3 is 3. The summed E-state index contributed by atoms with van der Waals surface area (Å²) in [5, 5.41) is 9.89. The molecule has 0 fully saturated rings. The van der Waals surface area contributed by atoms with Gasteiger partial charge in [-0.2, -0.15) is 5.26 Å². The number of aromatic nitrogens is 1. The van der Waals surface area contributed by atoms with E-state index in [2.05, 4.69) is 11.1 Å². The molecule has 0 saturated carbocycles. The largest absolute Gasteiger partial charge is 0.493 e. The zero-order valence-corrected chi connectivity index (χ0v) is 12.4. The van der Waals surface area contributed by atoms with Gasteiger partial charge in [0.1, 0.15) is 11.6 Å². The third kappa shape index (κ3) is 2.50. The highest BCUT2D eigenvalue weighted by Crippen LogP contribution is 2.43. The van der Waals surface area contributed by atoms with E-state index in [4.69, 9.17) is 18.9 Å². The highest BCUT2D eigenvalue weighted by Gasteiger charge is 2.19. The van der Waals surface area contributed by atoms with Crippen molar-refractivity contribution < 1.29 is 18.9 Å². The fourth-order valence-electron chi connectivity index (χ4n) is 2.10. The molecule has 110 valence electrons. The number of ether oxygens (including phenoxy) is 4. The van der Waals surface area contributed by atoms with E-state index in [1.807, 2.05) is 6.92 Å². The monoisotopic (exact) mass is 288 g/mol. The summed E-state index contributed by atoms with van der Waals surface area (Å²) >= 11 is 0. The minimum absolute atomic E-state index is 0.293. The van der Waals surface area contributed by atoms with Gasteiger partial charge in [0.2, 0.25) is 11.6 Å². The fraction of sp³-hybridized carbons (Fsp3) is 0.333. The third-order valence-corrected chi connectivity index (χ3v) is 2.99. The van der Waals surface area contributed by atoms with Crippen LogP contribution in [-0.2, 0) is 0 Å². The first-order valence-electron chi connectivity index (χ1n) is 6.36. The van der Waals surface area contributed by atoms with E-state index in [0.29, 0.717) is 46.2 Å². The van der Waals surface area contributed by atoms with Gasteiger partial charge in [-0.3, -0.25) is 0 Å². The first-order chi connectivity index (χ1) is 10.2. The Morgan fingerprint density at radius 2 is 1.81 bits per heavy atom. The van der Waals surface area contributed by atoms with Gasteiger partial charge in [0, 0.05) is 11.5 Å². The molecule has 1 aromatic heterocycles. The van der Waals surface area contributed by atoms with E-state index in [-0.39, 0.29) is 0 Å². The molecule has 0 atom stereocenters. The van der Waals surface area contributed by atoms with Crippen LogP contribution < -0.4 is 18.9 Å². The van der Waals surface area contributed by atoms with Gasteiger partial charge in [0.05, 0.1) is 33.5 Å². The lowest BCUT2D eigenvalue weighted by atomic mass is 10.1. The normalized spacial score (nSPS) is 10.0. The van der Waals surface area contributed by atoms with Gasteiger partial charge >= 0.3 is 0 Å². The van der Waals surface area contributed by atoms with Crippen LogP contribution in [0.15, 0.2) is 12.1 Å². The number of benzene rings is 1. The van der Waals surface area contributed by atoms with Gasteiger partial charge in [-0.1, -0.05) is 0 Å². The van der Waals surface area contributed by atoms with E-state index in [1.165, 1.54) is 21.3 Å². The van der Waals surface area contributed by atoms with Crippen LogP contribution in [0, 0.1) is 11.3 Å². The fourth-order valence-corrected chi connectivity index (χ4v) is 2.10. The summed E-state index contributed by atoms with van der Waals surface area (Å²) in [5.74, 6) is 1.73. The number of fused-ring (bicyclic) bond motifs is 1. The van der Waals surface area contributed by atoms with E-state index >= 15 is 0 Å². The Hall–Kier alpha value is -2.68. The molecule has 0 aliphatic rings. The predicted molar refractivity (Wildman–Crippen MR) is 77.3 cm³/mol. The Morgan fingerprint density at radius 3 is 2.33 bits per heavy atom. The van der Waals surface area contributed by atoms with Gasteiger partial charge in [0.25, 0.3) is 0 Å². The minimum atomic E-state index is 0.293. The van der Waals surface area contributed by atoms with Crippen molar-refractivity contribution in [1.29, 1.82) is 5.26 Å². The molecule has 0 saturated heterocycles. The molecule has 0 radical (unpaired) electrons. The van der Waals surface area contributed by atoms with Crippen LogP contribution in [-0.4, -0.2) is 32.9 Å².